The summed E-state index contributed by atoms with van der Waals surface area (Å²) in [5, 5.41) is 11.5. The number of nitrogens with zero attached hydrogens (tertiary/aromatic N) is 4. The number of hydrogen-bond acceptors (Lipinski definition) is 8. The Hall–Kier alpha value is -3.63. The van der Waals surface area contributed by atoms with E-state index in [-0.39, 0.29) is 28.5 Å². The lowest BCUT2D eigenvalue weighted by Crippen LogP contribution is -2.54. The summed E-state index contributed by atoms with van der Waals surface area (Å²) in [5.41, 5.74) is 3.56. The molecule has 206 valence electrons. The maximum Gasteiger partial charge on any atom is 0.284 e. The van der Waals surface area contributed by atoms with E-state index in [1.54, 1.807) is 38.6 Å². The second-order valence-electron chi connectivity index (χ2n) is 9.92. The molecule has 1 aliphatic heterocycles. The normalized spacial score (nSPS) is 16.0. The first-order valence-corrected chi connectivity index (χ1v) is 13.6. The van der Waals surface area contributed by atoms with Crippen molar-refractivity contribution >= 4 is 23.5 Å². The molecule has 0 bridgehead atoms. The number of amides is 1. The van der Waals surface area contributed by atoms with Crippen LogP contribution in [0.1, 0.15) is 31.4 Å². The molecular formula is C29H34N4O5S. The molecule has 1 atom stereocenters. The number of pyridine rings is 1. The molecule has 9 nitrogen and oxygen atoms in total. The number of nitro benzene ring substituents is 1. The van der Waals surface area contributed by atoms with Gasteiger partial charge < -0.3 is 14.4 Å². The Morgan fingerprint density at radius 1 is 1.10 bits per heavy atom. The van der Waals surface area contributed by atoms with Gasteiger partial charge in [-0.15, -0.1) is 0 Å². The third-order valence-corrected chi connectivity index (χ3v) is 7.97. The molecule has 39 heavy (non-hydrogen) atoms. The predicted molar refractivity (Wildman–Crippen MR) is 152 cm³/mol. The average molecular weight is 551 g/mol. The standard InChI is InChI=1S/C29H34N4O5S/c1-19(2)14-25-29(34)31(12-13-32(25)39-28-9-7-6-8-24(28)33(35)36)18-21-10-11-30-23(15-21)22-16-26(37-4)20(3)27(17-22)38-5/h6-11,15-17,19,25H,12-14,18H2,1-5H3/t25-/m0/s1. The van der Waals surface area contributed by atoms with E-state index in [0.29, 0.717) is 31.0 Å². The molecule has 0 N–H and O–H groups in total. The number of ether oxygens (including phenoxy) is 2. The topological polar surface area (TPSA) is 98.0 Å². The molecule has 1 amide bonds. The quantitative estimate of drug-likeness (QED) is 0.179. The fourth-order valence-electron chi connectivity index (χ4n) is 4.75. The molecule has 0 spiro atoms. The van der Waals surface area contributed by atoms with Crippen LogP contribution in [-0.2, 0) is 11.3 Å². The minimum absolute atomic E-state index is 0.0260. The van der Waals surface area contributed by atoms with Crippen LogP contribution in [0.2, 0.25) is 0 Å². The largest absolute Gasteiger partial charge is 0.496 e. The van der Waals surface area contributed by atoms with E-state index in [2.05, 4.69) is 18.8 Å². The molecule has 2 aromatic carbocycles. The van der Waals surface area contributed by atoms with E-state index in [4.69, 9.17) is 9.47 Å². The van der Waals surface area contributed by atoms with Gasteiger partial charge in [-0.1, -0.05) is 26.0 Å². The molecule has 1 aromatic heterocycles. The summed E-state index contributed by atoms with van der Waals surface area (Å²) >= 11 is 1.30. The fraction of sp³-hybridized carbons (Fsp3) is 0.379. The Kier molecular flexibility index (Phi) is 9.08. The van der Waals surface area contributed by atoms with Crippen molar-refractivity contribution in [3.8, 4) is 22.8 Å². The summed E-state index contributed by atoms with van der Waals surface area (Å²) in [6.45, 7) is 7.68. The second-order valence-corrected chi connectivity index (χ2v) is 11.0. The lowest BCUT2D eigenvalue weighted by Gasteiger charge is -2.40. The van der Waals surface area contributed by atoms with E-state index >= 15 is 0 Å². The summed E-state index contributed by atoms with van der Waals surface area (Å²) in [7, 11) is 3.25. The van der Waals surface area contributed by atoms with E-state index in [1.165, 1.54) is 18.0 Å². The number of para-hydroxylation sites is 1. The predicted octanol–water partition coefficient (Wildman–Crippen LogP) is 5.75. The van der Waals surface area contributed by atoms with Gasteiger partial charge in [0.15, 0.2) is 0 Å². The molecule has 0 unspecified atom stereocenters. The monoisotopic (exact) mass is 550 g/mol. The van der Waals surface area contributed by atoms with Crippen LogP contribution < -0.4 is 9.47 Å². The van der Waals surface area contributed by atoms with Crippen molar-refractivity contribution in [2.75, 3.05) is 27.3 Å². The van der Waals surface area contributed by atoms with Crippen LogP contribution in [-0.4, -0.2) is 58.4 Å². The molecule has 1 fully saturated rings. The first-order valence-electron chi connectivity index (χ1n) is 12.9. The van der Waals surface area contributed by atoms with Gasteiger partial charge in [0.25, 0.3) is 5.69 Å². The van der Waals surface area contributed by atoms with Gasteiger partial charge in [-0.2, -0.15) is 0 Å². The molecule has 1 aliphatic rings. The summed E-state index contributed by atoms with van der Waals surface area (Å²) in [6, 6.07) is 14.1. The number of aromatic nitrogens is 1. The molecule has 3 aromatic rings. The van der Waals surface area contributed by atoms with E-state index < -0.39 is 0 Å². The second kappa shape index (κ2) is 12.5. The van der Waals surface area contributed by atoms with Crippen molar-refractivity contribution in [1.82, 2.24) is 14.2 Å². The van der Waals surface area contributed by atoms with Crippen LogP contribution in [0.4, 0.5) is 5.69 Å². The van der Waals surface area contributed by atoms with E-state index in [0.717, 1.165) is 33.9 Å². The maximum atomic E-state index is 13.7. The number of hydrogen-bond donors (Lipinski definition) is 0. The van der Waals surface area contributed by atoms with Crippen molar-refractivity contribution < 1.29 is 19.2 Å². The van der Waals surface area contributed by atoms with Gasteiger partial charge in [-0.25, -0.2) is 4.31 Å². The van der Waals surface area contributed by atoms with Crippen molar-refractivity contribution in [2.45, 2.75) is 44.7 Å². The highest BCUT2D eigenvalue weighted by atomic mass is 32.2. The van der Waals surface area contributed by atoms with Crippen LogP contribution in [0.25, 0.3) is 11.3 Å². The molecule has 0 aliphatic carbocycles. The molecule has 10 heteroatoms. The van der Waals surface area contributed by atoms with Crippen LogP contribution in [0.5, 0.6) is 11.5 Å². The van der Waals surface area contributed by atoms with Gasteiger partial charge in [0.2, 0.25) is 5.91 Å². The smallest absolute Gasteiger partial charge is 0.284 e. The molecule has 4 rings (SSSR count). The number of benzene rings is 2. The Labute approximate surface area is 233 Å². The Bertz CT molecular complexity index is 1320. The number of rotatable bonds is 10. The number of nitro groups is 1. The minimum atomic E-state index is -0.379. The van der Waals surface area contributed by atoms with Gasteiger partial charge in [0, 0.05) is 43.0 Å². The summed E-state index contributed by atoms with van der Waals surface area (Å²) in [4.78, 5) is 31.9. The third-order valence-electron chi connectivity index (χ3n) is 6.75. The Morgan fingerprint density at radius 3 is 2.44 bits per heavy atom. The van der Waals surface area contributed by atoms with Crippen molar-refractivity contribution in [3.63, 3.8) is 0 Å². The van der Waals surface area contributed by atoms with Crippen LogP contribution >= 0.6 is 11.9 Å². The molecule has 0 saturated carbocycles. The zero-order valence-electron chi connectivity index (χ0n) is 22.9. The zero-order chi connectivity index (χ0) is 28.1. The number of piperazine rings is 1. The highest BCUT2D eigenvalue weighted by molar-refractivity contribution is 7.97. The Balaban J connectivity index is 1.55. The van der Waals surface area contributed by atoms with Crippen LogP contribution in [0.3, 0.4) is 0 Å². The lowest BCUT2D eigenvalue weighted by molar-refractivity contribution is -0.387. The van der Waals surface area contributed by atoms with Gasteiger partial charge in [0.1, 0.15) is 16.4 Å². The zero-order valence-corrected chi connectivity index (χ0v) is 23.7. The van der Waals surface area contributed by atoms with E-state index in [1.807, 2.05) is 40.4 Å². The average Bonchev–Trinajstić information content (AvgIpc) is 2.92. The van der Waals surface area contributed by atoms with Gasteiger partial charge in [-0.3, -0.25) is 19.9 Å². The lowest BCUT2D eigenvalue weighted by atomic mass is 10.0. The molecular weight excluding hydrogens is 516 g/mol. The minimum Gasteiger partial charge on any atom is -0.496 e. The summed E-state index contributed by atoms with van der Waals surface area (Å²) < 4.78 is 13.1. The van der Waals surface area contributed by atoms with Crippen molar-refractivity contribution in [2.24, 2.45) is 5.92 Å². The van der Waals surface area contributed by atoms with Crippen LogP contribution in [0, 0.1) is 23.0 Å². The number of methoxy groups -OCH3 is 2. The SMILES string of the molecule is COc1cc(-c2cc(CN3CCN(Sc4ccccc4[N+](=O)[O-])[C@@H](CC(C)C)C3=O)ccn2)cc(OC)c1C. The number of carbonyl (C=O) groups is 1. The number of carbonyl (C=O) groups excluding carboxylic acids is 1. The maximum absolute atomic E-state index is 13.7. The summed E-state index contributed by atoms with van der Waals surface area (Å²) in [5.74, 6) is 1.75. The van der Waals surface area contributed by atoms with Gasteiger partial charge in [0.05, 0.1) is 30.9 Å². The molecule has 1 saturated heterocycles. The van der Waals surface area contributed by atoms with E-state index in [9.17, 15) is 14.9 Å². The van der Waals surface area contributed by atoms with Crippen molar-refractivity contribution in [1.29, 1.82) is 0 Å². The van der Waals surface area contributed by atoms with Gasteiger partial charge >= 0.3 is 0 Å². The highest BCUT2D eigenvalue weighted by Crippen LogP contribution is 2.36. The summed E-state index contributed by atoms with van der Waals surface area (Å²) in [6.07, 6.45) is 2.41. The third kappa shape index (κ3) is 6.51. The molecule has 2 heterocycles. The first-order chi connectivity index (χ1) is 18.7. The fourth-order valence-corrected chi connectivity index (χ4v) is 5.85. The Morgan fingerprint density at radius 2 is 1.79 bits per heavy atom. The van der Waals surface area contributed by atoms with Crippen molar-refractivity contribution in [3.05, 3.63) is 76.0 Å². The highest BCUT2D eigenvalue weighted by Gasteiger charge is 2.36. The van der Waals surface area contributed by atoms with Gasteiger partial charge in [-0.05, 0) is 67.1 Å². The molecule has 0 radical (unpaired) electrons. The van der Waals surface area contributed by atoms with Crippen LogP contribution in [0.15, 0.2) is 59.6 Å². The first kappa shape index (κ1) is 28.4.